The van der Waals surface area contributed by atoms with Gasteiger partial charge in [0.1, 0.15) is 0 Å². The first-order valence-corrected chi connectivity index (χ1v) is 4.00. The largest absolute Gasteiger partial charge is 0.355 e. The maximum Gasteiger partial charge on any atom is 0.229 e. The summed E-state index contributed by atoms with van der Waals surface area (Å²) < 4.78 is 0. The van der Waals surface area contributed by atoms with Crippen LogP contribution in [0.4, 0.5) is 0 Å². The van der Waals surface area contributed by atoms with Gasteiger partial charge in [-0.25, -0.2) is 0 Å². The molecule has 0 radical (unpaired) electrons. The molecule has 0 bridgehead atoms. The van der Waals surface area contributed by atoms with Crippen LogP contribution in [0.5, 0.6) is 0 Å². The summed E-state index contributed by atoms with van der Waals surface area (Å²) in [5.41, 5.74) is -0.336. The van der Waals surface area contributed by atoms with Gasteiger partial charge in [-0.2, -0.15) is 0 Å². The van der Waals surface area contributed by atoms with Gasteiger partial charge in [-0.05, 0) is 19.3 Å². The van der Waals surface area contributed by atoms with E-state index in [0.29, 0.717) is 5.92 Å². The number of carbonyl (C=O) groups is 1. The van der Waals surface area contributed by atoms with Crippen LogP contribution in [0, 0.1) is 11.3 Å². The summed E-state index contributed by atoms with van der Waals surface area (Å²) in [6, 6.07) is 0. The van der Waals surface area contributed by atoms with E-state index in [-0.39, 0.29) is 11.3 Å². The monoisotopic (exact) mass is 153 g/mol. The summed E-state index contributed by atoms with van der Waals surface area (Å²) in [5, 5.41) is 2.86. The molecule has 1 rings (SSSR count). The number of piperidine rings is 1. The quantitative estimate of drug-likeness (QED) is 0.566. The van der Waals surface area contributed by atoms with Crippen molar-refractivity contribution >= 4 is 5.91 Å². The molecule has 1 saturated heterocycles. The van der Waals surface area contributed by atoms with Gasteiger partial charge in [-0.3, -0.25) is 4.79 Å². The zero-order valence-electron chi connectivity index (χ0n) is 7.18. The van der Waals surface area contributed by atoms with Crippen molar-refractivity contribution in [2.45, 2.75) is 20.3 Å². The topological polar surface area (TPSA) is 29.1 Å². The van der Waals surface area contributed by atoms with Gasteiger partial charge >= 0.3 is 0 Å². The van der Waals surface area contributed by atoms with E-state index in [9.17, 15) is 4.79 Å². The number of hydrogen-bond donors (Lipinski definition) is 1. The molecular formula is C9H15NO. The number of hydrogen-bond acceptors (Lipinski definition) is 1. The molecule has 2 unspecified atom stereocenters. The van der Waals surface area contributed by atoms with Crippen LogP contribution in [0.3, 0.4) is 0 Å². The third-order valence-corrected chi connectivity index (χ3v) is 2.35. The fourth-order valence-electron chi connectivity index (χ4n) is 1.53. The Bertz CT molecular complexity index is 188. The molecule has 0 aromatic heterocycles. The van der Waals surface area contributed by atoms with Crippen LogP contribution in [-0.2, 0) is 4.79 Å². The summed E-state index contributed by atoms with van der Waals surface area (Å²) in [6.07, 6.45) is 2.67. The highest BCUT2D eigenvalue weighted by Crippen LogP contribution is 2.30. The van der Waals surface area contributed by atoms with E-state index < -0.39 is 0 Å². The highest BCUT2D eigenvalue weighted by Gasteiger charge is 2.35. The Morgan fingerprint density at radius 1 is 1.82 bits per heavy atom. The van der Waals surface area contributed by atoms with E-state index >= 15 is 0 Å². The number of rotatable bonds is 1. The third kappa shape index (κ3) is 1.44. The number of carbonyl (C=O) groups excluding carboxylic acids is 1. The molecule has 2 heteroatoms. The molecule has 1 aliphatic rings. The van der Waals surface area contributed by atoms with Crippen molar-refractivity contribution in [3.63, 3.8) is 0 Å². The Labute approximate surface area is 67.7 Å². The second-order valence-corrected chi connectivity index (χ2v) is 3.64. The Kier molecular flexibility index (Phi) is 2.03. The zero-order valence-corrected chi connectivity index (χ0v) is 7.18. The van der Waals surface area contributed by atoms with E-state index in [1.807, 2.05) is 6.92 Å². The summed E-state index contributed by atoms with van der Waals surface area (Å²) >= 11 is 0. The van der Waals surface area contributed by atoms with Gasteiger partial charge in [-0.15, -0.1) is 6.58 Å². The maximum absolute atomic E-state index is 11.3. The molecule has 2 atom stereocenters. The molecule has 1 amide bonds. The molecule has 1 heterocycles. The first-order chi connectivity index (χ1) is 5.08. The minimum atomic E-state index is -0.336. The van der Waals surface area contributed by atoms with Gasteiger partial charge in [0.25, 0.3) is 0 Å². The Hall–Kier alpha value is -0.790. The van der Waals surface area contributed by atoms with Crippen LogP contribution in [-0.4, -0.2) is 12.5 Å². The SMILES string of the molecule is C=CC1(C)CC(C)CNC1=O. The van der Waals surface area contributed by atoms with Gasteiger partial charge < -0.3 is 5.32 Å². The summed E-state index contributed by atoms with van der Waals surface area (Å²) in [6.45, 7) is 8.56. The van der Waals surface area contributed by atoms with Crippen LogP contribution < -0.4 is 5.32 Å². The smallest absolute Gasteiger partial charge is 0.229 e. The van der Waals surface area contributed by atoms with Crippen molar-refractivity contribution < 1.29 is 4.79 Å². The highest BCUT2D eigenvalue weighted by molar-refractivity contribution is 5.84. The van der Waals surface area contributed by atoms with Crippen molar-refractivity contribution in [1.82, 2.24) is 5.32 Å². The van der Waals surface area contributed by atoms with Crippen LogP contribution in [0.15, 0.2) is 12.7 Å². The molecule has 0 spiro atoms. The highest BCUT2D eigenvalue weighted by atomic mass is 16.2. The second kappa shape index (κ2) is 2.68. The zero-order chi connectivity index (χ0) is 8.48. The Balaban J connectivity index is 2.75. The molecule has 0 aromatic rings. The summed E-state index contributed by atoms with van der Waals surface area (Å²) in [5.74, 6) is 0.682. The average Bonchev–Trinajstić information content (AvgIpc) is 1.98. The van der Waals surface area contributed by atoms with Gasteiger partial charge in [0.15, 0.2) is 0 Å². The first kappa shape index (κ1) is 8.31. The molecule has 1 aliphatic heterocycles. The third-order valence-electron chi connectivity index (χ3n) is 2.35. The molecule has 1 N–H and O–H groups in total. The minimum absolute atomic E-state index is 0.116. The predicted molar refractivity (Wildman–Crippen MR) is 45.1 cm³/mol. The normalized spacial score (nSPS) is 38.0. The second-order valence-electron chi connectivity index (χ2n) is 3.64. The summed E-state index contributed by atoms with van der Waals surface area (Å²) in [7, 11) is 0. The van der Waals surface area contributed by atoms with Gasteiger partial charge in [0, 0.05) is 6.54 Å². The van der Waals surface area contributed by atoms with Gasteiger partial charge in [0.2, 0.25) is 5.91 Å². The van der Waals surface area contributed by atoms with Crippen LogP contribution in [0.25, 0.3) is 0 Å². The predicted octanol–water partition coefficient (Wildman–Crippen LogP) is 1.33. The fraction of sp³-hybridized carbons (Fsp3) is 0.667. The lowest BCUT2D eigenvalue weighted by molar-refractivity contribution is -0.130. The molecular weight excluding hydrogens is 138 g/mol. The van der Waals surface area contributed by atoms with E-state index in [4.69, 9.17) is 0 Å². The molecule has 11 heavy (non-hydrogen) atoms. The lowest BCUT2D eigenvalue weighted by atomic mass is 9.78. The maximum atomic E-state index is 11.3. The Morgan fingerprint density at radius 2 is 2.45 bits per heavy atom. The van der Waals surface area contributed by atoms with E-state index in [2.05, 4.69) is 18.8 Å². The van der Waals surface area contributed by atoms with Crippen molar-refractivity contribution in [1.29, 1.82) is 0 Å². The minimum Gasteiger partial charge on any atom is -0.355 e. The number of amides is 1. The van der Waals surface area contributed by atoms with E-state index in [1.54, 1.807) is 6.08 Å². The molecule has 0 saturated carbocycles. The van der Waals surface area contributed by atoms with E-state index in [1.165, 1.54) is 0 Å². The molecule has 1 fully saturated rings. The Morgan fingerprint density at radius 3 is 2.91 bits per heavy atom. The van der Waals surface area contributed by atoms with Crippen molar-refractivity contribution in [3.05, 3.63) is 12.7 Å². The van der Waals surface area contributed by atoms with Gasteiger partial charge in [-0.1, -0.05) is 13.0 Å². The van der Waals surface area contributed by atoms with Crippen LogP contribution in [0.2, 0.25) is 0 Å². The van der Waals surface area contributed by atoms with Crippen LogP contribution in [0.1, 0.15) is 20.3 Å². The summed E-state index contributed by atoms with van der Waals surface area (Å²) in [4.78, 5) is 11.3. The number of nitrogens with one attached hydrogen (secondary N) is 1. The molecule has 0 aromatic carbocycles. The molecule has 0 aliphatic carbocycles. The van der Waals surface area contributed by atoms with Gasteiger partial charge in [0.05, 0.1) is 5.41 Å². The fourth-order valence-corrected chi connectivity index (χ4v) is 1.53. The molecule has 2 nitrogen and oxygen atoms in total. The van der Waals surface area contributed by atoms with E-state index in [0.717, 1.165) is 13.0 Å². The lowest BCUT2D eigenvalue weighted by Gasteiger charge is -2.33. The van der Waals surface area contributed by atoms with Crippen molar-refractivity contribution in [2.75, 3.05) is 6.54 Å². The first-order valence-electron chi connectivity index (χ1n) is 4.00. The lowest BCUT2D eigenvalue weighted by Crippen LogP contribution is -2.46. The van der Waals surface area contributed by atoms with Crippen molar-refractivity contribution in [2.24, 2.45) is 11.3 Å². The van der Waals surface area contributed by atoms with Crippen LogP contribution >= 0.6 is 0 Å². The molecule has 62 valence electrons. The van der Waals surface area contributed by atoms with Crippen molar-refractivity contribution in [3.8, 4) is 0 Å². The average molecular weight is 153 g/mol. The standard InChI is InChI=1S/C9H15NO/c1-4-9(3)5-7(2)6-10-8(9)11/h4,7H,1,5-6H2,2-3H3,(H,10,11).